The third kappa shape index (κ3) is 5.40. The first kappa shape index (κ1) is 20.6. The van der Waals surface area contributed by atoms with Crippen LogP contribution in [0.5, 0.6) is 0 Å². The van der Waals surface area contributed by atoms with Gasteiger partial charge in [0.2, 0.25) is 10.0 Å². The van der Waals surface area contributed by atoms with Crippen LogP contribution in [0.15, 0.2) is 41.8 Å². The van der Waals surface area contributed by atoms with E-state index in [1.807, 2.05) is 0 Å². The van der Waals surface area contributed by atoms with Gasteiger partial charge in [0.1, 0.15) is 0 Å². The average molecular weight is 380 g/mol. The van der Waals surface area contributed by atoms with Crippen molar-refractivity contribution in [1.82, 2.24) is 15.4 Å². The van der Waals surface area contributed by atoms with Crippen molar-refractivity contribution in [1.29, 1.82) is 0 Å². The van der Waals surface area contributed by atoms with Gasteiger partial charge in [0, 0.05) is 29.2 Å². The first-order chi connectivity index (χ1) is 11.9. The fraction of sp³-hybridized carbons (Fsp3) is 0.526. The van der Waals surface area contributed by atoms with Crippen LogP contribution in [0.1, 0.15) is 50.9 Å². The summed E-state index contributed by atoms with van der Waals surface area (Å²) in [5, 5.41) is 6.67. The minimum atomic E-state index is -3.58. The van der Waals surface area contributed by atoms with Crippen LogP contribution in [0.25, 0.3) is 0 Å². The van der Waals surface area contributed by atoms with Crippen LogP contribution in [0.2, 0.25) is 0 Å². The molecule has 0 unspecified atom stereocenters. The Kier molecular flexibility index (Phi) is 5.95. The maximum Gasteiger partial charge on any atom is 0.251 e. The average Bonchev–Trinajstić information content (AvgIpc) is 2.50. The van der Waals surface area contributed by atoms with Gasteiger partial charge in [0.05, 0.1) is 4.90 Å². The Morgan fingerprint density at radius 1 is 1.19 bits per heavy atom. The van der Waals surface area contributed by atoms with Crippen molar-refractivity contribution in [3.05, 3.63) is 42.5 Å². The molecule has 0 radical (unpaired) electrons. The van der Waals surface area contributed by atoms with Gasteiger partial charge in [-0.15, -0.1) is 6.58 Å². The van der Waals surface area contributed by atoms with Gasteiger partial charge in [-0.3, -0.25) is 4.79 Å². The van der Waals surface area contributed by atoms with Crippen molar-refractivity contribution in [2.24, 2.45) is 0 Å². The molecule has 3 N–H and O–H groups in total. The summed E-state index contributed by atoms with van der Waals surface area (Å²) in [5.41, 5.74) is 0.324. The Balaban J connectivity index is 2.07. The fourth-order valence-corrected chi connectivity index (χ4v) is 4.73. The molecule has 1 heterocycles. The van der Waals surface area contributed by atoms with Crippen molar-refractivity contribution < 1.29 is 13.2 Å². The van der Waals surface area contributed by atoms with Crippen LogP contribution in [0, 0.1) is 0 Å². The molecular weight excluding hydrogens is 350 g/mol. The van der Waals surface area contributed by atoms with E-state index in [-0.39, 0.29) is 34.5 Å². The van der Waals surface area contributed by atoms with Crippen molar-refractivity contribution >= 4 is 15.9 Å². The molecule has 1 aromatic carbocycles. The second-order valence-corrected chi connectivity index (χ2v) is 9.90. The van der Waals surface area contributed by atoms with Gasteiger partial charge in [0.15, 0.2) is 0 Å². The summed E-state index contributed by atoms with van der Waals surface area (Å²) >= 11 is 0. The van der Waals surface area contributed by atoms with Crippen LogP contribution in [0.4, 0.5) is 0 Å². The highest BCUT2D eigenvalue weighted by atomic mass is 32.2. The van der Waals surface area contributed by atoms with Gasteiger partial charge in [-0.05, 0) is 64.8 Å². The monoisotopic (exact) mass is 379 g/mol. The minimum Gasteiger partial charge on any atom is -0.349 e. The van der Waals surface area contributed by atoms with E-state index in [4.69, 9.17) is 0 Å². The summed E-state index contributed by atoms with van der Waals surface area (Å²) in [4.78, 5) is 12.7. The number of hydrogen-bond donors (Lipinski definition) is 3. The van der Waals surface area contributed by atoms with Gasteiger partial charge >= 0.3 is 0 Å². The number of benzene rings is 1. The number of carbonyl (C=O) groups is 1. The Bertz CT molecular complexity index is 752. The molecule has 7 heteroatoms. The molecule has 0 aromatic heterocycles. The third-order valence-corrected chi connectivity index (χ3v) is 5.81. The van der Waals surface area contributed by atoms with Crippen molar-refractivity contribution in [2.45, 2.75) is 62.6 Å². The summed E-state index contributed by atoms with van der Waals surface area (Å²) in [7, 11) is -3.58. The molecule has 6 nitrogen and oxygen atoms in total. The summed E-state index contributed by atoms with van der Waals surface area (Å²) < 4.78 is 26.5. The number of rotatable bonds is 6. The minimum absolute atomic E-state index is 0.0611. The number of piperidine rings is 1. The molecular formula is C19H29N3O3S. The van der Waals surface area contributed by atoms with E-state index in [1.165, 1.54) is 30.3 Å². The zero-order valence-electron chi connectivity index (χ0n) is 15.9. The van der Waals surface area contributed by atoms with Crippen molar-refractivity contribution in [2.75, 3.05) is 6.54 Å². The molecule has 1 aliphatic rings. The van der Waals surface area contributed by atoms with E-state index in [0.717, 1.165) is 12.8 Å². The van der Waals surface area contributed by atoms with Crippen LogP contribution in [0.3, 0.4) is 0 Å². The van der Waals surface area contributed by atoms with Gasteiger partial charge < -0.3 is 10.6 Å². The zero-order chi connectivity index (χ0) is 19.6. The first-order valence-electron chi connectivity index (χ1n) is 8.75. The normalized spacial score (nSPS) is 19.7. The number of nitrogens with one attached hydrogen (secondary N) is 3. The van der Waals surface area contributed by atoms with Crippen LogP contribution < -0.4 is 15.4 Å². The predicted molar refractivity (Wildman–Crippen MR) is 104 cm³/mol. The lowest BCUT2D eigenvalue weighted by atomic mass is 9.79. The lowest BCUT2D eigenvalue weighted by molar-refractivity contribution is 0.0873. The number of hydrogen-bond acceptors (Lipinski definition) is 4. The fourth-order valence-electron chi connectivity index (χ4n) is 3.73. The Morgan fingerprint density at radius 3 is 2.23 bits per heavy atom. The maximum absolute atomic E-state index is 12.6. The summed E-state index contributed by atoms with van der Waals surface area (Å²) in [5.74, 6) is -0.188. The molecule has 0 atom stereocenters. The van der Waals surface area contributed by atoms with E-state index in [9.17, 15) is 13.2 Å². The molecule has 1 saturated heterocycles. The Labute approximate surface area is 156 Å². The Hall–Kier alpha value is -1.70. The SMILES string of the molecule is C=CCNS(=O)(=O)c1ccc(C(=O)NC2CC(C)(C)NC(C)(C)C2)cc1. The summed E-state index contributed by atoms with van der Waals surface area (Å²) in [6.45, 7) is 12.2. The smallest absolute Gasteiger partial charge is 0.251 e. The largest absolute Gasteiger partial charge is 0.349 e. The highest BCUT2D eigenvalue weighted by Crippen LogP contribution is 2.28. The van der Waals surface area contributed by atoms with Crippen molar-refractivity contribution in [3.8, 4) is 0 Å². The lowest BCUT2D eigenvalue weighted by Gasteiger charge is -2.46. The standard InChI is InChI=1S/C19H29N3O3S/c1-6-11-20-26(24,25)16-9-7-14(8-10-16)17(23)21-15-12-18(2,3)22-19(4,5)13-15/h6-10,15,20,22H,1,11-13H2,2-5H3,(H,21,23). The third-order valence-electron chi connectivity index (χ3n) is 4.37. The Morgan fingerprint density at radius 2 is 1.73 bits per heavy atom. The quantitative estimate of drug-likeness (QED) is 0.661. The second-order valence-electron chi connectivity index (χ2n) is 8.14. The van der Waals surface area contributed by atoms with E-state index in [2.05, 4.69) is 49.6 Å². The predicted octanol–water partition coefficient (Wildman–Crippen LogP) is 2.19. The van der Waals surface area contributed by atoms with Gasteiger partial charge in [-0.1, -0.05) is 6.08 Å². The number of carbonyl (C=O) groups excluding carboxylic acids is 1. The molecule has 1 fully saturated rings. The van der Waals surface area contributed by atoms with E-state index in [0.29, 0.717) is 5.56 Å². The first-order valence-corrected chi connectivity index (χ1v) is 10.2. The molecule has 0 spiro atoms. The molecule has 2 rings (SSSR count). The van der Waals surface area contributed by atoms with Gasteiger partial charge in [0.25, 0.3) is 5.91 Å². The number of amides is 1. The van der Waals surface area contributed by atoms with Crippen LogP contribution in [-0.2, 0) is 10.0 Å². The molecule has 1 amide bonds. The topological polar surface area (TPSA) is 87.3 Å². The van der Waals surface area contributed by atoms with Gasteiger partial charge in [-0.25, -0.2) is 13.1 Å². The summed E-state index contributed by atoms with van der Waals surface area (Å²) in [6, 6.07) is 6.02. The molecule has 0 bridgehead atoms. The van der Waals surface area contributed by atoms with E-state index >= 15 is 0 Å². The molecule has 0 aliphatic carbocycles. The lowest BCUT2D eigenvalue weighted by Crippen LogP contribution is -2.62. The maximum atomic E-state index is 12.6. The molecule has 1 aliphatic heterocycles. The second kappa shape index (κ2) is 7.50. The highest BCUT2D eigenvalue weighted by Gasteiger charge is 2.38. The number of sulfonamides is 1. The molecule has 1 aromatic rings. The molecule has 144 valence electrons. The van der Waals surface area contributed by atoms with Crippen molar-refractivity contribution in [3.63, 3.8) is 0 Å². The summed E-state index contributed by atoms with van der Waals surface area (Å²) in [6.07, 6.45) is 3.14. The molecule has 26 heavy (non-hydrogen) atoms. The van der Waals surface area contributed by atoms with Crippen LogP contribution >= 0.6 is 0 Å². The van der Waals surface area contributed by atoms with E-state index in [1.54, 1.807) is 0 Å². The highest BCUT2D eigenvalue weighted by molar-refractivity contribution is 7.89. The van der Waals surface area contributed by atoms with Crippen LogP contribution in [-0.4, -0.2) is 38.0 Å². The van der Waals surface area contributed by atoms with E-state index < -0.39 is 10.0 Å². The molecule has 0 saturated carbocycles. The van der Waals surface area contributed by atoms with Gasteiger partial charge in [-0.2, -0.15) is 0 Å². The zero-order valence-corrected chi connectivity index (χ0v) is 16.7.